The van der Waals surface area contributed by atoms with Gasteiger partial charge in [-0.1, -0.05) is 6.58 Å². The molecule has 0 N–H and O–H groups in total. The normalized spacial score (nSPS) is 11.2. The summed E-state index contributed by atoms with van der Waals surface area (Å²) in [6, 6.07) is 0. The summed E-state index contributed by atoms with van der Waals surface area (Å²) < 4.78 is 10.7. The van der Waals surface area contributed by atoms with Crippen LogP contribution in [0.5, 0.6) is 0 Å². The Morgan fingerprint density at radius 3 is 2.19 bits per heavy atom. The van der Waals surface area contributed by atoms with E-state index in [1.165, 1.54) is 0 Å². The Morgan fingerprint density at radius 2 is 1.69 bits per heavy atom. The summed E-state index contributed by atoms with van der Waals surface area (Å²) in [4.78, 5) is 11.0. The quantitative estimate of drug-likeness (QED) is 0.285. The second-order valence-corrected chi connectivity index (χ2v) is 9.45. The third-order valence-corrected chi connectivity index (χ3v) is 2.98. The predicted octanol–water partition coefficient (Wildman–Crippen LogP) is 3.13. The van der Waals surface area contributed by atoms with Gasteiger partial charge < -0.3 is 9.16 Å². The number of esters is 1. The molecule has 0 aliphatic carbocycles. The summed E-state index contributed by atoms with van der Waals surface area (Å²) in [5, 5.41) is 0. The first-order valence-corrected chi connectivity index (χ1v) is 9.20. The fourth-order valence-corrected chi connectivity index (χ4v) is 1.80. The molecule has 0 aromatic heterocycles. The minimum Gasteiger partial charge on any atom is -0.462 e. The van der Waals surface area contributed by atoms with Gasteiger partial charge in [-0.3, -0.25) is 0 Å². The SMILES string of the molecule is C=C(C)C(=O)OCCCCCO[Si](C)(C)C. The zero-order chi connectivity index (χ0) is 12.6. The van der Waals surface area contributed by atoms with E-state index in [2.05, 4.69) is 26.2 Å². The molecule has 0 radical (unpaired) electrons. The van der Waals surface area contributed by atoms with Crippen molar-refractivity contribution in [2.45, 2.75) is 45.8 Å². The van der Waals surface area contributed by atoms with E-state index in [0.29, 0.717) is 12.2 Å². The van der Waals surface area contributed by atoms with E-state index in [-0.39, 0.29) is 5.97 Å². The maximum Gasteiger partial charge on any atom is 0.333 e. The average Bonchev–Trinajstić information content (AvgIpc) is 2.14. The van der Waals surface area contributed by atoms with Crippen LogP contribution in [0.2, 0.25) is 19.6 Å². The van der Waals surface area contributed by atoms with Crippen LogP contribution >= 0.6 is 0 Å². The molecule has 0 heterocycles. The van der Waals surface area contributed by atoms with Crippen molar-refractivity contribution in [2.75, 3.05) is 13.2 Å². The van der Waals surface area contributed by atoms with E-state index < -0.39 is 8.32 Å². The van der Waals surface area contributed by atoms with Crippen LogP contribution in [0, 0.1) is 0 Å². The monoisotopic (exact) mass is 244 g/mol. The first kappa shape index (κ1) is 15.4. The first-order valence-electron chi connectivity index (χ1n) is 5.79. The van der Waals surface area contributed by atoms with E-state index >= 15 is 0 Å². The number of rotatable bonds is 8. The second kappa shape index (κ2) is 7.63. The van der Waals surface area contributed by atoms with Gasteiger partial charge in [-0.05, 0) is 45.8 Å². The Morgan fingerprint density at radius 1 is 1.12 bits per heavy atom. The van der Waals surface area contributed by atoms with Crippen molar-refractivity contribution in [3.05, 3.63) is 12.2 Å². The van der Waals surface area contributed by atoms with Crippen molar-refractivity contribution in [3.8, 4) is 0 Å². The molecule has 0 atom stereocenters. The van der Waals surface area contributed by atoms with Crippen LogP contribution in [0.3, 0.4) is 0 Å². The lowest BCUT2D eigenvalue weighted by Crippen LogP contribution is -2.25. The lowest BCUT2D eigenvalue weighted by Gasteiger charge is -2.16. The Hall–Kier alpha value is -0.613. The third-order valence-electron chi connectivity index (χ3n) is 1.91. The summed E-state index contributed by atoms with van der Waals surface area (Å²) in [7, 11) is -1.36. The van der Waals surface area contributed by atoms with E-state index in [0.717, 1.165) is 25.9 Å². The van der Waals surface area contributed by atoms with Gasteiger partial charge in [-0.25, -0.2) is 4.79 Å². The summed E-state index contributed by atoms with van der Waals surface area (Å²) in [5.74, 6) is -0.293. The zero-order valence-corrected chi connectivity index (χ0v) is 12.0. The number of hydrogen-bond acceptors (Lipinski definition) is 3. The van der Waals surface area contributed by atoms with Crippen LogP contribution in [0.1, 0.15) is 26.2 Å². The Balaban J connectivity index is 3.29. The van der Waals surface area contributed by atoms with Crippen molar-refractivity contribution in [2.24, 2.45) is 0 Å². The van der Waals surface area contributed by atoms with Crippen molar-refractivity contribution < 1.29 is 14.0 Å². The molecule has 0 aromatic carbocycles. The molecule has 94 valence electrons. The van der Waals surface area contributed by atoms with E-state index in [1.807, 2.05) is 0 Å². The molecule has 4 heteroatoms. The highest BCUT2D eigenvalue weighted by Gasteiger charge is 2.12. The molecule has 0 aliphatic rings. The minimum atomic E-state index is -1.36. The highest BCUT2D eigenvalue weighted by molar-refractivity contribution is 6.69. The molecule has 0 aliphatic heterocycles. The summed E-state index contributed by atoms with van der Waals surface area (Å²) in [5.41, 5.74) is 0.460. The molecule has 3 nitrogen and oxygen atoms in total. The van der Waals surface area contributed by atoms with Gasteiger partial charge in [-0.15, -0.1) is 0 Å². The van der Waals surface area contributed by atoms with Gasteiger partial charge in [0.15, 0.2) is 8.32 Å². The van der Waals surface area contributed by atoms with Crippen LogP contribution in [0.15, 0.2) is 12.2 Å². The van der Waals surface area contributed by atoms with E-state index in [9.17, 15) is 4.79 Å². The molecular formula is C12H24O3Si. The largest absolute Gasteiger partial charge is 0.462 e. The Kier molecular flexibility index (Phi) is 7.33. The summed E-state index contributed by atoms with van der Waals surface area (Å²) in [6.45, 7) is 13.0. The lowest BCUT2D eigenvalue weighted by molar-refractivity contribution is -0.139. The second-order valence-electron chi connectivity index (χ2n) is 4.94. The minimum absolute atomic E-state index is 0.293. The fourth-order valence-electron chi connectivity index (χ4n) is 1.05. The zero-order valence-electron chi connectivity index (χ0n) is 11.0. The van der Waals surface area contributed by atoms with Crippen molar-refractivity contribution in [3.63, 3.8) is 0 Å². The van der Waals surface area contributed by atoms with Crippen LogP contribution < -0.4 is 0 Å². The van der Waals surface area contributed by atoms with Gasteiger partial charge in [-0.2, -0.15) is 0 Å². The standard InChI is InChI=1S/C12H24O3Si/c1-11(2)12(13)14-9-7-6-8-10-15-16(3,4)5/h1,6-10H2,2-5H3. The van der Waals surface area contributed by atoms with Gasteiger partial charge in [0, 0.05) is 12.2 Å². The predicted molar refractivity (Wildman–Crippen MR) is 68.9 cm³/mol. The van der Waals surface area contributed by atoms with Crippen LogP contribution in [0.4, 0.5) is 0 Å². The highest BCUT2D eigenvalue weighted by atomic mass is 28.4. The van der Waals surface area contributed by atoms with Crippen LogP contribution in [-0.4, -0.2) is 27.5 Å². The number of carbonyl (C=O) groups excluding carboxylic acids is 1. The number of hydrogen-bond donors (Lipinski definition) is 0. The van der Waals surface area contributed by atoms with Crippen molar-refractivity contribution >= 4 is 14.3 Å². The maximum absolute atomic E-state index is 11.0. The van der Waals surface area contributed by atoms with Crippen molar-refractivity contribution in [1.29, 1.82) is 0 Å². The topological polar surface area (TPSA) is 35.5 Å². The molecule has 0 saturated heterocycles. The van der Waals surface area contributed by atoms with Crippen LogP contribution in [-0.2, 0) is 14.0 Å². The van der Waals surface area contributed by atoms with Gasteiger partial charge >= 0.3 is 5.97 Å². The molecule has 0 amide bonds. The van der Waals surface area contributed by atoms with Gasteiger partial charge in [0.1, 0.15) is 0 Å². The number of unbranched alkanes of at least 4 members (excludes halogenated alkanes) is 2. The molecule has 0 spiro atoms. The lowest BCUT2D eigenvalue weighted by atomic mass is 10.2. The first-order chi connectivity index (χ1) is 7.33. The Labute approximate surface area is 100.0 Å². The van der Waals surface area contributed by atoms with E-state index in [4.69, 9.17) is 9.16 Å². The fraction of sp³-hybridized carbons (Fsp3) is 0.750. The molecular weight excluding hydrogens is 220 g/mol. The van der Waals surface area contributed by atoms with Crippen molar-refractivity contribution in [1.82, 2.24) is 0 Å². The molecule has 0 rings (SSSR count). The van der Waals surface area contributed by atoms with Crippen LogP contribution in [0.25, 0.3) is 0 Å². The molecule has 0 unspecified atom stereocenters. The summed E-state index contributed by atoms with van der Waals surface area (Å²) >= 11 is 0. The molecule has 0 saturated carbocycles. The smallest absolute Gasteiger partial charge is 0.333 e. The van der Waals surface area contributed by atoms with E-state index in [1.54, 1.807) is 6.92 Å². The summed E-state index contributed by atoms with van der Waals surface area (Å²) in [6.07, 6.45) is 2.97. The number of carbonyl (C=O) groups is 1. The molecule has 0 bridgehead atoms. The molecule has 0 aromatic rings. The third kappa shape index (κ3) is 9.92. The Bertz CT molecular complexity index is 231. The maximum atomic E-state index is 11.0. The average molecular weight is 244 g/mol. The number of ether oxygens (including phenoxy) is 1. The van der Waals surface area contributed by atoms with Gasteiger partial charge in [0.05, 0.1) is 6.61 Å². The van der Waals surface area contributed by atoms with Gasteiger partial charge in [0.25, 0.3) is 0 Å². The molecule has 16 heavy (non-hydrogen) atoms. The van der Waals surface area contributed by atoms with Gasteiger partial charge in [0.2, 0.25) is 0 Å². The molecule has 0 fully saturated rings. The highest BCUT2D eigenvalue weighted by Crippen LogP contribution is 2.05.